The molecule has 1 unspecified atom stereocenters. The third-order valence-corrected chi connectivity index (χ3v) is 2.85. The first kappa shape index (κ1) is 11.3. The Hall–Kier alpha value is -0.820. The van der Waals surface area contributed by atoms with Crippen LogP contribution in [0.2, 0.25) is 0 Å². The predicted molar refractivity (Wildman–Crippen MR) is 60.8 cm³/mol. The molecule has 1 rings (SSSR count). The molecule has 0 heterocycles. The first-order chi connectivity index (χ1) is 6.65. The summed E-state index contributed by atoms with van der Waals surface area (Å²) in [6.45, 7) is 7.41. The van der Waals surface area contributed by atoms with Crippen molar-refractivity contribution in [2.45, 2.75) is 33.1 Å². The quantitative estimate of drug-likeness (QED) is 0.710. The van der Waals surface area contributed by atoms with Crippen molar-refractivity contribution in [3.63, 3.8) is 0 Å². The SMILES string of the molecule is COCCC(C)c1ccc(C)c(C)c1. The lowest BCUT2D eigenvalue weighted by molar-refractivity contribution is 0.189. The highest BCUT2D eigenvalue weighted by Crippen LogP contribution is 2.21. The molecule has 0 radical (unpaired) electrons. The summed E-state index contributed by atoms with van der Waals surface area (Å²) in [6, 6.07) is 6.71. The van der Waals surface area contributed by atoms with Crippen LogP contribution in [-0.2, 0) is 4.74 Å². The second kappa shape index (κ2) is 5.16. The van der Waals surface area contributed by atoms with Gasteiger partial charge >= 0.3 is 0 Å². The van der Waals surface area contributed by atoms with Crippen LogP contribution in [0, 0.1) is 13.8 Å². The number of ether oxygens (including phenoxy) is 1. The second-order valence-electron chi connectivity index (χ2n) is 4.03. The maximum atomic E-state index is 5.09. The van der Waals surface area contributed by atoms with Gasteiger partial charge in [0.1, 0.15) is 0 Å². The van der Waals surface area contributed by atoms with Crippen LogP contribution in [0.5, 0.6) is 0 Å². The van der Waals surface area contributed by atoms with E-state index in [1.54, 1.807) is 7.11 Å². The monoisotopic (exact) mass is 192 g/mol. The topological polar surface area (TPSA) is 9.23 Å². The zero-order chi connectivity index (χ0) is 10.6. The first-order valence-corrected chi connectivity index (χ1v) is 5.21. The van der Waals surface area contributed by atoms with Gasteiger partial charge in [0.2, 0.25) is 0 Å². The van der Waals surface area contributed by atoms with E-state index in [1.807, 2.05) is 0 Å². The molecule has 1 heteroatoms. The van der Waals surface area contributed by atoms with Crippen LogP contribution < -0.4 is 0 Å². The van der Waals surface area contributed by atoms with Crippen LogP contribution in [0.4, 0.5) is 0 Å². The Morgan fingerprint density at radius 2 is 1.93 bits per heavy atom. The Bertz CT molecular complexity index is 291. The molecule has 0 N–H and O–H groups in total. The smallest absolute Gasteiger partial charge is 0.0467 e. The van der Waals surface area contributed by atoms with Crippen molar-refractivity contribution in [1.29, 1.82) is 0 Å². The zero-order valence-corrected chi connectivity index (χ0v) is 9.63. The first-order valence-electron chi connectivity index (χ1n) is 5.21. The Balaban J connectivity index is 2.70. The molecule has 0 amide bonds. The van der Waals surface area contributed by atoms with Crippen molar-refractivity contribution < 1.29 is 4.74 Å². The van der Waals surface area contributed by atoms with Crippen molar-refractivity contribution in [3.05, 3.63) is 34.9 Å². The summed E-state index contributed by atoms with van der Waals surface area (Å²) in [6.07, 6.45) is 1.10. The highest BCUT2D eigenvalue weighted by atomic mass is 16.5. The van der Waals surface area contributed by atoms with Crippen LogP contribution in [0.1, 0.15) is 36.0 Å². The molecule has 14 heavy (non-hydrogen) atoms. The average Bonchev–Trinajstić information content (AvgIpc) is 2.18. The molecular formula is C13H20O. The number of hydrogen-bond acceptors (Lipinski definition) is 1. The Morgan fingerprint density at radius 1 is 1.21 bits per heavy atom. The van der Waals surface area contributed by atoms with Gasteiger partial charge in [-0.3, -0.25) is 0 Å². The van der Waals surface area contributed by atoms with E-state index in [9.17, 15) is 0 Å². The van der Waals surface area contributed by atoms with Crippen LogP contribution in [0.15, 0.2) is 18.2 Å². The van der Waals surface area contributed by atoms with Crippen LogP contribution >= 0.6 is 0 Å². The second-order valence-corrected chi connectivity index (χ2v) is 4.03. The summed E-state index contributed by atoms with van der Waals surface area (Å²) in [5.74, 6) is 0.592. The van der Waals surface area contributed by atoms with Crippen LogP contribution in [-0.4, -0.2) is 13.7 Å². The molecule has 0 saturated heterocycles. The minimum Gasteiger partial charge on any atom is -0.385 e. The number of methoxy groups -OCH3 is 1. The minimum atomic E-state index is 0.592. The average molecular weight is 192 g/mol. The van der Waals surface area contributed by atoms with Crippen molar-refractivity contribution in [3.8, 4) is 0 Å². The fraction of sp³-hybridized carbons (Fsp3) is 0.538. The molecule has 0 bridgehead atoms. The maximum absolute atomic E-state index is 5.09. The van der Waals surface area contributed by atoms with Gasteiger partial charge in [0.15, 0.2) is 0 Å². The summed E-state index contributed by atoms with van der Waals surface area (Å²) in [7, 11) is 1.76. The molecular weight excluding hydrogens is 172 g/mol. The largest absolute Gasteiger partial charge is 0.385 e. The van der Waals surface area contributed by atoms with E-state index >= 15 is 0 Å². The summed E-state index contributed by atoms with van der Waals surface area (Å²) in [4.78, 5) is 0. The molecule has 1 nitrogen and oxygen atoms in total. The standard InChI is InChI=1S/C13H20O/c1-10-5-6-13(9-12(10)3)11(2)7-8-14-4/h5-6,9,11H,7-8H2,1-4H3. The summed E-state index contributed by atoms with van der Waals surface area (Å²) < 4.78 is 5.09. The van der Waals surface area contributed by atoms with Gasteiger partial charge in [-0.15, -0.1) is 0 Å². The van der Waals surface area contributed by atoms with Gasteiger partial charge in [-0.25, -0.2) is 0 Å². The van der Waals surface area contributed by atoms with Crippen molar-refractivity contribution in [1.82, 2.24) is 0 Å². The number of rotatable bonds is 4. The summed E-state index contributed by atoms with van der Waals surface area (Å²) in [5, 5.41) is 0. The van der Waals surface area contributed by atoms with E-state index < -0.39 is 0 Å². The highest BCUT2D eigenvalue weighted by molar-refractivity contribution is 5.31. The molecule has 1 aromatic carbocycles. The molecule has 0 aromatic heterocycles. The van der Waals surface area contributed by atoms with Gasteiger partial charge in [-0.2, -0.15) is 0 Å². The number of aryl methyl sites for hydroxylation is 2. The van der Waals surface area contributed by atoms with E-state index in [4.69, 9.17) is 4.74 Å². The summed E-state index contributed by atoms with van der Waals surface area (Å²) >= 11 is 0. The van der Waals surface area contributed by atoms with E-state index in [2.05, 4.69) is 39.0 Å². The van der Waals surface area contributed by atoms with Crippen LogP contribution in [0.25, 0.3) is 0 Å². The van der Waals surface area contributed by atoms with E-state index in [-0.39, 0.29) is 0 Å². The number of hydrogen-bond donors (Lipinski definition) is 0. The Morgan fingerprint density at radius 3 is 2.50 bits per heavy atom. The minimum absolute atomic E-state index is 0.592. The molecule has 0 fully saturated rings. The van der Waals surface area contributed by atoms with E-state index in [0.717, 1.165) is 13.0 Å². The lowest BCUT2D eigenvalue weighted by Gasteiger charge is -2.12. The third-order valence-electron chi connectivity index (χ3n) is 2.85. The van der Waals surface area contributed by atoms with Gasteiger partial charge in [0.25, 0.3) is 0 Å². The van der Waals surface area contributed by atoms with E-state index in [0.29, 0.717) is 5.92 Å². The van der Waals surface area contributed by atoms with Gasteiger partial charge < -0.3 is 4.74 Å². The lowest BCUT2D eigenvalue weighted by atomic mass is 9.95. The molecule has 78 valence electrons. The Kier molecular flexibility index (Phi) is 4.15. The zero-order valence-electron chi connectivity index (χ0n) is 9.63. The van der Waals surface area contributed by atoms with Gasteiger partial charge in [-0.05, 0) is 42.9 Å². The van der Waals surface area contributed by atoms with Crippen molar-refractivity contribution in [2.24, 2.45) is 0 Å². The fourth-order valence-corrected chi connectivity index (χ4v) is 1.53. The summed E-state index contributed by atoms with van der Waals surface area (Å²) in [5.41, 5.74) is 4.17. The van der Waals surface area contributed by atoms with Crippen LogP contribution in [0.3, 0.4) is 0 Å². The van der Waals surface area contributed by atoms with Gasteiger partial charge in [0.05, 0.1) is 0 Å². The Labute approximate surface area is 87.1 Å². The molecule has 1 atom stereocenters. The van der Waals surface area contributed by atoms with Gasteiger partial charge in [-0.1, -0.05) is 25.1 Å². The molecule has 1 aromatic rings. The lowest BCUT2D eigenvalue weighted by Crippen LogP contribution is -1.99. The molecule has 0 spiro atoms. The molecule has 0 aliphatic carbocycles. The highest BCUT2D eigenvalue weighted by Gasteiger charge is 2.05. The normalized spacial score (nSPS) is 12.9. The predicted octanol–water partition coefficient (Wildman–Crippen LogP) is 3.44. The number of benzene rings is 1. The van der Waals surface area contributed by atoms with E-state index in [1.165, 1.54) is 16.7 Å². The molecule has 0 aliphatic rings. The fourth-order valence-electron chi connectivity index (χ4n) is 1.53. The molecule has 0 aliphatic heterocycles. The maximum Gasteiger partial charge on any atom is 0.0467 e. The van der Waals surface area contributed by atoms with Crippen molar-refractivity contribution >= 4 is 0 Å². The third kappa shape index (κ3) is 2.85. The molecule has 0 saturated carbocycles. The van der Waals surface area contributed by atoms with Crippen molar-refractivity contribution in [2.75, 3.05) is 13.7 Å². The van der Waals surface area contributed by atoms with Gasteiger partial charge in [0, 0.05) is 13.7 Å².